The maximum Gasteiger partial charge on any atom is 0.411 e. The third-order valence-electron chi connectivity index (χ3n) is 3.18. The first-order valence-corrected chi connectivity index (χ1v) is 7.07. The molecule has 21 heavy (non-hydrogen) atoms. The van der Waals surface area contributed by atoms with E-state index in [0.29, 0.717) is 32.8 Å². The summed E-state index contributed by atoms with van der Waals surface area (Å²) >= 11 is 0. The molecule has 1 aliphatic rings. The molecule has 0 aliphatic carbocycles. The van der Waals surface area contributed by atoms with Gasteiger partial charge in [-0.3, -0.25) is 9.80 Å². The van der Waals surface area contributed by atoms with Crippen LogP contribution in [0.1, 0.15) is 20.8 Å². The summed E-state index contributed by atoms with van der Waals surface area (Å²) in [7, 11) is 2.96. The van der Waals surface area contributed by atoms with Gasteiger partial charge in [0.1, 0.15) is 11.6 Å². The Morgan fingerprint density at radius 2 is 1.86 bits per heavy atom. The lowest BCUT2D eigenvalue weighted by molar-refractivity contribution is -0.149. The maximum absolute atomic E-state index is 12.2. The zero-order valence-electron chi connectivity index (χ0n) is 13.5. The molecule has 0 bridgehead atoms. The normalized spacial score (nSPS) is 20.2. The highest BCUT2D eigenvalue weighted by molar-refractivity contribution is 5.82. The Balaban J connectivity index is 2.74. The quantitative estimate of drug-likeness (QED) is 0.713. The Labute approximate surface area is 126 Å². The number of piperazine rings is 1. The van der Waals surface area contributed by atoms with E-state index >= 15 is 0 Å². The van der Waals surface area contributed by atoms with Crippen LogP contribution >= 0.6 is 0 Å². The van der Waals surface area contributed by atoms with Crippen LogP contribution in [0.2, 0.25) is 0 Å². The predicted molar refractivity (Wildman–Crippen MR) is 77.1 cm³/mol. The second-order valence-electron chi connectivity index (χ2n) is 6.01. The molecule has 1 rings (SSSR count). The Bertz CT molecular complexity index is 367. The van der Waals surface area contributed by atoms with E-state index in [4.69, 9.17) is 14.2 Å². The van der Waals surface area contributed by atoms with E-state index in [2.05, 4.69) is 4.90 Å². The van der Waals surface area contributed by atoms with Gasteiger partial charge < -0.3 is 14.2 Å². The maximum atomic E-state index is 12.2. The summed E-state index contributed by atoms with van der Waals surface area (Å²) in [5, 5.41) is 0. The van der Waals surface area contributed by atoms with Crippen molar-refractivity contribution in [2.24, 2.45) is 0 Å². The van der Waals surface area contributed by atoms with Gasteiger partial charge in [-0.15, -0.1) is 0 Å². The van der Waals surface area contributed by atoms with Gasteiger partial charge in [-0.1, -0.05) is 0 Å². The highest BCUT2D eigenvalue weighted by atomic mass is 16.6. The van der Waals surface area contributed by atoms with Crippen molar-refractivity contribution in [2.75, 3.05) is 47.0 Å². The molecule has 7 heteroatoms. The topological polar surface area (TPSA) is 68.3 Å². The van der Waals surface area contributed by atoms with Gasteiger partial charge in [0.2, 0.25) is 0 Å². The minimum absolute atomic E-state index is 0.426. The lowest BCUT2D eigenvalue weighted by Gasteiger charge is -2.40. The van der Waals surface area contributed by atoms with E-state index in [9.17, 15) is 9.59 Å². The third-order valence-corrected chi connectivity index (χ3v) is 3.18. The van der Waals surface area contributed by atoms with Crippen LogP contribution < -0.4 is 0 Å². The first kappa shape index (κ1) is 17.7. The van der Waals surface area contributed by atoms with Crippen LogP contribution in [-0.2, 0) is 19.0 Å². The third kappa shape index (κ3) is 5.51. The Hall–Kier alpha value is -1.34. The highest BCUT2D eigenvalue weighted by Crippen LogP contribution is 2.16. The number of amides is 1. The summed E-state index contributed by atoms with van der Waals surface area (Å²) < 4.78 is 15.2. The number of carbonyl (C=O) groups excluding carboxylic acids is 2. The van der Waals surface area contributed by atoms with Gasteiger partial charge in [0.25, 0.3) is 0 Å². The van der Waals surface area contributed by atoms with Gasteiger partial charge in [-0.2, -0.15) is 0 Å². The summed E-state index contributed by atoms with van der Waals surface area (Å²) in [4.78, 5) is 27.7. The lowest BCUT2D eigenvalue weighted by atomic mass is 10.1. The van der Waals surface area contributed by atoms with E-state index in [0.717, 1.165) is 0 Å². The molecule has 1 atom stereocenters. The van der Waals surface area contributed by atoms with Crippen LogP contribution in [0.4, 0.5) is 4.79 Å². The molecule has 0 spiro atoms. The van der Waals surface area contributed by atoms with Crippen LogP contribution in [-0.4, -0.2) is 80.5 Å². The van der Waals surface area contributed by atoms with Gasteiger partial charge in [-0.25, -0.2) is 9.59 Å². The lowest BCUT2D eigenvalue weighted by Crippen LogP contribution is -2.59. The van der Waals surface area contributed by atoms with E-state index in [-0.39, 0.29) is 0 Å². The molecule has 0 N–H and O–H groups in total. The molecule has 7 nitrogen and oxygen atoms in total. The molecule has 1 saturated heterocycles. The van der Waals surface area contributed by atoms with Crippen molar-refractivity contribution < 1.29 is 23.8 Å². The minimum Gasteiger partial charge on any atom is -0.467 e. The molecule has 0 unspecified atom stereocenters. The van der Waals surface area contributed by atoms with Crippen molar-refractivity contribution in [3.8, 4) is 0 Å². The molecule has 0 aromatic rings. The number of nitrogens with zero attached hydrogens (tertiary/aromatic N) is 2. The monoisotopic (exact) mass is 302 g/mol. The van der Waals surface area contributed by atoms with Crippen molar-refractivity contribution in [3.63, 3.8) is 0 Å². The van der Waals surface area contributed by atoms with Gasteiger partial charge >= 0.3 is 12.1 Å². The molecule has 0 aromatic carbocycles. The van der Waals surface area contributed by atoms with Crippen molar-refractivity contribution in [3.05, 3.63) is 0 Å². The number of hydrogen-bond donors (Lipinski definition) is 0. The van der Waals surface area contributed by atoms with Crippen molar-refractivity contribution >= 4 is 12.1 Å². The number of ether oxygens (including phenoxy) is 3. The second-order valence-corrected chi connectivity index (χ2v) is 6.01. The smallest absolute Gasteiger partial charge is 0.411 e. The molecule has 1 fully saturated rings. The molecule has 1 aliphatic heterocycles. The zero-order chi connectivity index (χ0) is 16.0. The molecule has 1 heterocycles. The van der Waals surface area contributed by atoms with Crippen molar-refractivity contribution in [1.82, 2.24) is 9.80 Å². The summed E-state index contributed by atoms with van der Waals surface area (Å²) in [6, 6.07) is -0.643. The van der Waals surface area contributed by atoms with Crippen LogP contribution in [0, 0.1) is 0 Å². The molecular weight excluding hydrogens is 276 g/mol. The Morgan fingerprint density at radius 3 is 2.38 bits per heavy atom. The van der Waals surface area contributed by atoms with E-state index in [1.165, 1.54) is 12.0 Å². The summed E-state index contributed by atoms with van der Waals surface area (Å²) in [5.41, 5.74) is -0.592. The number of hydrogen-bond acceptors (Lipinski definition) is 6. The van der Waals surface area contributed by atoms with Crippen LogP contribution in [0.15, 0.2) is 0 Å². The second kappa shape index (κ2) is 7.61. The molecule has 0 aromatic heterocycles. The zero-order valence-corrected chi connectivity index (χ0v) is 13.5. The largest absolute Gasteiger partial charge is 0.467 e. The fraction of sp³-hybridized carbons (Fsp3) is 0.857. The molecule has 122 valence electrons. The van der Waals surface area contributed by atoms with E-state index in [1.54, 1.807) is 27.9 Å². The van der Waals surface area contributed by atoms with Gasteiger partial charge in [0, 0.05) is 33.3 Å². The number of carbonyl (C=O) groups is 2. The van der Waals surface area contributed by atoms with Crippen LogP contribution in [0.3, 0.4) is 0 Å². The van der Waals surface area contributed by atoms with E-state index in [1.807, 2.05) is 0 Å². The van der Waals surface area contributed by atoms with Crippen LogP contribution in [0.25, 0.3) is 0 Å². The SMILES string of the molecule is COCCN1CCN(C(=O)OC(C)(C)C)[C@@H](C(=O)OC)C1. The first-order chi connectivity index (χ1) is 9.78. The van der Waals surface area contributed by atoms with Gasteiger partial charge in [0.15, 0.2) is 0 Å². The summed E-state index contributed by atoms with van der Waals surface area (Å²) in [6.45, 7) is 8.23. The van der Waals surface area contributed by atoms with Crippen molar-refractivity contribution in [2.45, 2.75) is 32.4 Å². The average molecular weight is 302 g/mol. The fourth-order valence-corrected chi connectivity index (χ4v) is 2.14. The molecular formula is C14H26N2O5. The minimum atomic E-state index is -0.643. The van der Waals surface area contributed by atoms with Gasteiger partial charge in [-0.05, 0) is 20.8 Å². The number of methoxy groups -OCH3 is 2. The Kier molecular flexibility index (Phi) is 6.42. The average Bonchev–Trinajstić information content (AvgIpc) is 2.42. The standard InChI is InChI=1S/C14H26N2O5/c1-14(2,3)21-13(18)16-7-6-15(8-9-19-4)10-11(16)12(17)20-5/h11H,6-10H2,1-5H3/t11-/m1/s1. The number of esters is 1. The van der Waals surface area contributed by atoms with E-state index < -0.39 is 23.7 Å². The summed E-state index contributed by atoms with van der Waals surface area (Å²) in [6.07, 6.45) is -0.482. The van der Waals surface area contributed by atoms with Gasteiger partial charge in [0.05, 0.1) is 13.7 Å². The Morgan fingerprint density at radius 1 is 1.19 bits per heavy atom. The number of rotatable bonds is 4. The molecule has 0 radical (unpaired) electrons. The molecule has 0 saturated carbocycles. The highest BCUT2D eigenvalue weighted by Gasteiger charge is 2.38. The predicted octanol–water partition coefficient (Wildman–Crippen LogP) is 0.727. The molecule has 1 amide bonds. The summed E-state index contributed by atoms with van der Waals surface area (Å²) in [5.74, 6) is -0.428. The fourth-order valence-electron chi connectivity index (χ4n) is 2.14. The first-order valence-electron chi connectivity index (χ1n) is 7.07. The van der Waals surface area contributed by atoms with Crippen LogP contribution in [0.5, 0.6) is 0 Å². The van der Waals surface area contributed by atoms with Crippen molar-refractivity contribution in [1.29, 1.82) is 0 Å².